The molecule has 1 unspecified atom stereocenters. The number of allylic oxidation sites excluding steroid dienone is 1. The van der Waals surface area contributed by atoms with Crippen molar-refractivity contribution >= 4 is 35.2 Å². The summed E-state index contributed by atoms with van der Waals surface area (Å²) in [5.74, 6) is -1.97. The van der Waals surface area contributed by atoms with Crippen LogP contribution in [0.15, 0.2) is 48.5 Å². The molecule has 2 rings (SSSR count). The van der Waals surface area contributed by atoms with E-state index in [1.165, 1.54) is 31.2 Å². The van der Waals surface area contributed by atoms with Gasteiger partial charge in [0.15, 0.2) is 0 Å². The molecule has 0 bridgehead atoms. The molecule has 0 aliphatic rings. The average Bonchev–Trinajstić information content (AvgIpc) is 2.52. The highest BCUT2D eigenvalue weighted by atomic mass is 35.5. The molecule has 1 atom stereocenters. The number of rotatable bonds is 5. The average molecular weight is 402 g/mol. The number of carbonyl (C=O) groups excluding carboxylic acids is 1. The van der Waals surface area contributed by atoms with Gasteiger partial charge in [-0.05, 0) is 34.9 Å². The minimum Gasteiger partial charge on any atom is -0.352 e. The molecule has 0 saturated carbocycles. The molecule has 1 N–H and O–H groups in total. The number of hydrogen-bond acceptors (Lipinski definition) is 1. The van der Waals surface area contributed by atoms with Crippen LogP contribution >= 0.6 is 23.2 Å². The van der Waals surface area contributed by atoms with Crippen molar-refractivity contribution in [2.24, 2.45) is 0 Å². The summed E-state index contributed by atoms with van der Waals surface area (Å²) < 4.78 is 40.3. The van der Waals surface area contributed by atoms with E-state index >= 15 is 0 Å². The highest BCUT2D eigenvalue weighted by Crippen LogP contribution is 2.38. The van der Waals surface area contributed by atoms with E-state index in [4.69, 9.17) is 23.2 Å². The molecule has 0 radical (unpaired) electrons. The van der Waals surface area contributed by atoms with Gasteiger partial charge in [0, 0.05) is 23.5 Å². The molecule has 0 aromatic heterocycles. The Balaban J connectivity index is 2.21. The quantitative estimate of drug-likeness (QED) is 0.654. The first kappa shape index (κ1) is 20.3. The van der Waals surface area contributed by atoms with Crippen LogP contribution in [0.25, 0.3) is 6.08 Å². The number of halogens is 5. The van der Waals surface area contributed by atoms with Crippen molar-refractivity contribution in [1.82, 2.24) is 5.32 Å². The lowest BCUT2D eigenvalue weighted by Gasteiger charge is -2.18. The van der Waals surface area contributed by atoms with Gasteiger partial charge in [0.1, 0.15) is 0 Å². The van der Waals surface area contributed by atoms with Gasteiger partial charge in [-0.2, -0.15) is 13.2 Å². The highest BCUT2D eigenvalue weighted by Gasteiger charge is 2.39. The molecule has 7 heteroatoms. The Kier molecular flexibility index (Phi) is 6.73. The van der Waals surface area contributed by atoms with Crippen molar-refractivity contribution in [2.75, 3.05) is 0 Å². The lowest BCUT2D eigenvalue weighted by molar-refractivity contribution is -0.139. The van der Waals surface area contributed by atoms with Crippen LogP contribution in [0.1, 0.15) is 29.5 Å². The Hall–Kier alpha value is -1.98. The Labute approximate surface area is 159 Å². The number of hydrogen-bond donors (Lipinski definition) is 1. The van der Waals surface area contributed by atoms with Crippen LogP contribution < -0.4 is 5.32 Å². The SMILES string of the molecule is CC(=O)NCc1ccc(C=CC(c2cc(Cl)cc(Cl)c2)C(F)(F)F)cc1. The molecule has 0 aliphatic heterocycles. The maximum Gasteiger partial charge on any atom is 0.399 e. The standard InChI is InChI=1S/C19H16Cl2F3NO/c1-12(26)25-11-14-4-2-13(3-5-14)6-7-18(19(22,23)24)15-8-16(20)10-17(21)9-15/h2-10,18H,11H2,1H3,(H,25,26). The minimum absolute atomic E-state index is 0.0199. The first-order valence-corrected chi connectivity index (χ1v) is 8.45. The Morgan fingerprint density at radius 1 is 1.12 bits per heavy atom. The largest absolute Gasteiger partial charge is 0.399 e. The van der Waals surface area contributed by atoms with Gasteiger partial charge < -0.3 is 5.32 Å². The van der Waals surface area contributed by atoms with Crippen molar-refractivity contribution < 1.29 is 18.0 Å². The lowest BCUT2D eigenvalue weighted by atomic mass is 9.97. The highest BCUT2D eigenvalue weighted by molar-refractivity contribution is 6.34. The molecule has 0 fully saturated rings. The van der Waals surface area contributed by atoms with Crippen LogP contribution in [-0.4, -0.2) is 12.1 Å². The summed E-state index contributed by atoms with van der Waals surface area (Å²) in [7, 11) is 0. The van der Waals surface area contributed by atoms with Crippen LogP contribution in [0.4, 0.5) is 13.2 Å². The third-order valence-corrected chi connectivity index (χ3v) is 4.04. The molecular weight excluding hydrogens is 386 g/mol. The second-order valence-electron chi connectivity index (χ2n) is 5.73. The summed E-state index contributed by atoms with van der Waals surface area (Å²) in [6.45, 7) is 1.78. The second kappa shape index (κ2) is 8.60. The van der Waals surface area contributed by atoms with Crippen molar-refractivity contribution in [3.05, 3.63) is 75.3 Å². The summed E-state index contributed by atoms with van der Waals surface area (Å²) >= 11 is 11.7. The third kappa shape index (κ3) is 6.07. The summed E-state index contributed by atoms with van der Waals surface area (Å²) in [5, 5.41) is 2.95. The molecule has 0 saturated heterocycles. The molecule has 26 heavy (non-hydrogen) atoms. The molecule has 0 aliphatic carbocycles. The molecule has 2 nitrogen and oxygen atoms in total. The zero-order valence-electron chi connectivity index (χ0n) is 13.8. The van der Waals surface area contributed by atoms with E-state index in [1.807, 2.05) is 0 Å². The van der Waals surface area contributed by atoms with Gasteiger partial charge >= 0.3 is 6.18 Å². The van der Waals surface area contributed by atoms with Gasteiger partial charge in [0.05, 0.1) is 5.92 Å². The number of carbonyl (C=O) groups is 1. The smallest absolute Gasteiger partial charge is 0.352 e. The van der Waals surface area contributed by atoms with E-state index in [0.29, 0.717) is 12.1 Å². The molecule has 1 amide bonds. The summed E-state index contributed by atoms with van der Waals surface area (Å²) in [6, 6.07) is 10.8. The van der Waals surface area contributed by atoms with E-state index in [2.05, 4.69) is 5.32 Å². The van der Waals surface area contributed by atoms with Crippen LogP contribution in [0, 0.1) is 0 Å². The first-order chi connectivity index (χ1) is 12.1. The number of amides is 1. The topological polar surface area (TPSA) is 29.1 Å². The van der Waals surface area contributed by atoms with E-state index in [1.54, 1.807) is 24.3 Å². The van der Waals surface area contributed by atoms with E-state index in [9.17, 15) is 18.0 Å². The lowest BCUT2D eigenvalue weighted by Crippen LogP contribution is -2.19. The summed E-state index contributed by atoms with van der Waals surface area (Å²) in [6.07, 6.45) is -2.00. The fourth-order valence-electron chi connectivity index (χ4n) is 2.34. The van der Waals surface area contributed by atoms with Gasteiger partial charge in [-0.3, -0.25) is 4.79 Å². The zero-order chi connectivity index (χ0) is 19.3. The first-order valence-electron chi connectivity index (χ1n) is 7.69. The summed E-state index contributed by atoms with van der Waals surface area (Å²) in [5.41, 5.74) is 1.44. The van der Waals surface area contributed by atoms with Gasteiger partial charge in [-0.1, -0.05) is 59.6 Å². The minimum atomic E-state index is -4.48. The van der Waals surface area contributed by atoms with E-state index < -0.39 is 12.1 Å². The van der Waals surface area contributed by atoms with Crippen LogP contribution in [0.5, 0.6) is 0 Å². The zero-order valence-corrected chi connectivity index (χ0v) is 15.3. The Morgan fingerprint density at radius 2 is 1.69 bits per heavy atom. The predicted molar refractivity (Wildman–Crippen MR) is 98.3 cm³/mol. The van der Waals surface area contributed by atoms with Crippen LogP contribution in [-0.2, 0) is 11.3 Å². The van der Waals surface area contributed by atoms with Crippen molar-refractivity contribution in [1.29, 1.82) is 0 Å². The van der Waals surface area contributed by atoms with E-state index in [0.717, 1.165) is 11.6 Å². The number of nitrogens with one attached hydrogen (secondary N) is 1. The van der Waals surface area contributed by atoms with Crippen LogP contribution in [0.2, 0.25) is 10.0 Å². The van der Waals surface area contributed by atoms with Gasteiger partial charge in [-0.15, -0.1) is 0 Å². The Bertz CT molecular complexity index is 781. The molecule has 0 heterocycles. The number of benzene rings is 2. The van der Waals surface area contributed by atoms with Crippen molar-refractivity contribution in [3.63, 3.8) is 0 Å². The molecule has 138 valence electrons. The number of alkyl halides is 3. The predicted octanol–water partition coefficient (Wildman–Crippen LogP) is 5.99. The molecule has 2 aromatic rings. The van der Waals surface area contributed by atoms with Crippen molar-refractivity contribution in [3.8, 4) is 0 Å². The van der Waals surface area contributed by atoms with Crippen LogP contribution in [0.3, 0.4) is 0 Å². The maximum absolute atomic E-state index is 13.4. The maximum atomic E-state index is 13.4. The fraction of sp³-hybridized carbons (Fsp3) is 0.211. The van der Waals surface area contributed by atoms with Gasteiger partial charge in [-0.25, -0.2) is 0 Å². The molecule has 0 spiro atoms. The molecular formula is C19H16Cl2F3NO. The second-order valence-corrected chi connectivity index (χ2v) is 6.61. The van der Waals surface area contributed by atoms with Gasteiger partial charge in [0.25, 0.3) is 0 Å². The van der Waals surface area contributed by atoms with E-state index in [-0.39, 0.29) is 21.5 Å². The normalized spacial score (nSPS) is 13.0. The Morgan fingerprint density at radius 3 is 2.19 bits per heavy atom. The van der Waals surface area contributed by atoms with Crippen molar-refractivity contribution in [2.45, 2.75) is 25.6 Å². The fourth-order valence-corrected chi connectivity index (χ4v) is 2.89. The monoisotopic (exact) mass is 401 g/mol. The third-order valence-electron chi connectivity index (χ3n) is 3.60. The summed E-state index contributed by atoms with van der Waals surface area (Å²) in [4.78, 5) is 10.9. The molecule has 2 aromatic carbocycles. The van der Waals surface area contributed by atoms with Gasteiger partial charge in [0.2, 0.25) is 5.91 Å².